The van der Waals surface area contributed by atoms with Crippen molar-refractivity contribution in [3.05, 3.63) is 23.2 Å². The van der Waals surface area contributed by atoms with E-state index in [1.165, 1.54) is 18.2 Å². The molecule has 7 nitrogen and oxygen atoms in total. The molecule has 1 unspecified atom stereocenters. The van der Waals surface area contributed by atoms with Crippen LogP contribution in [0.1, 0.15) is 19.3 Å². The maximum absolute atomic E-state index is 12.5. The van der Waals surface area contributed by atoms with E-state index >= 15 is 0 Å². The molecule has 0 spiro atoms. The van der Waals surface area contributed by atoms with Crippen LogP contribution < -0.4 is 20.5 Å². The summed E-state index contributed by atoms with van der Waals surface area (Å²) in [5.74, 6) is -0.178. The number of primary amides is 1. The number of hydrogen-bond acceptors (Lipinski definition) is 5. The molecule has 0 aliphatic carbocycles. The van der Waals surface area contributed by atoms with Crippen LogP contribution in [0, 0.1) is 5.92 Å². The van der Waals surface area contributed by atoms with Gasteiger partial charge in [0, 0.05) is 11.6 Å². The largest absolute Gasteiger partial charge is 0.482 e. The Morgan fingerprint density at radius 2 is 2.20 bits per heavy atom. The molecule has 1 aliphatic rings. The van der Waals surface area contributed by atoms with E-state index < -0.39 is 22.5 Å². The summed E-state index contributed by atoms with van der Waals surface area (Å²) in [6.45, 7) is 1.85. The predicted molar refractivity (Wildman–Crippen MR) is 98.8 cm³/mol. The van der Waals surface area contributed by atoms with Gasteiger partial charge in [-0.05, 0) is 56.5 Å². The molecule has 0 aromatic heterocycles. The van der Waals surface area contributed by atoms with Crippen LogP contribution in [0.5, 0.6) is 5.75 Å². The van der Waals surface area contributed by atoms with Gasteiger partial charge in [-0.3, -0.25) is 4.79 Å². The van der Waals surface area contributed by atoms with Crippen molar-refractivity contribution in [2.24, 2.45) is 11.7 Å². The number of nitrogens with two attached hydrogens (primary N) is 1. The second-order valence-electron chi connectivity index (χ2n) is 5.74. The van der Waals surface area contributed by atoms with Crippen LogP contribution in [0.2, 0.25) is 5.02 Å². The number of amides is 1. The molecule has 25 heavy (non-hydrogen) atoms. The Morgan fingerprint density at radius 1 is 1.44 bits per heavy atom. The van der Waals surface area contributed by atoms with Crippen molar-refractivity contribution in [1.29, 1.82) is 0 Å². The van der Waals surface area contributed by atoms with E-state index in [1.54, 1.807) is 0 Å². The van der Waals surface area contributed by atoms with Crippen molar-refractivity contribution in [1.82, 2.24) is 10.0 Å². The second-order valence-corrected chi connectivity index (χ2v) is 7.92. The van der Waals surface area contributed by atoms with Crippen LogP contribution in [0.4, 0.5) is 0 Å². The van der Waals surface area contributed by atoms with Crippen LogP contribution >= 0.6 is 24.0 Å². The number of carbonyl (C=O) groups excluding carboxylic acids is 1. The fourth-order valence-corrected chi connectivity index (χ4v) is 4.06. The van der Waals surface area contributed by atoms with Crippen LogP contribution in [0.25, 0.3) is 0 Å². The van der Waals surface area contributed by atoms with Crippen molar-refractivity contribution in [3.8, 4) is 5.75 Å². The van der Waals surface area contributed by atoms with Crippen LogP contribution in [-0.2, 0) is 14.8 Å². The first kappa shape index (κ1) is 22.0. The maximum Gasteiger partial charge on any atom is 0.255 e. The highest BCUT2D eigenvalue weighted by Gasteiger charge is 2.21. The molecule has 1 aliphatic heterocycles. The molecule has 1 aromatic rings. The van der Waals surface area contributed by atoms with E-state index in [2.05, 4.69) is 10.0 Å². The number of ether oxygens (including phenoxy) is 1. The summed E-state index contributed by atoms with van der Waals surface area (Å²) in [6.07, 6.45) is 2.96. The zero-order chi connectivity index (χ0) is 17.6. The molecule has 0 radical (unpaired) electrons. The van der Waals surface area contributed by atoms with E-state index in [0.29, 0.717) is 12.5 Å². The van der Waals surface area contributed by atoms with Crippen molar-refractivity contribution in [2.75, 3.05) is 26.2 Å². The molecule has 1 saturated heterocycles. The van der Waals surface area contributed by atoms with Crippen LogP contribution in [0.15, 0.2) is 23.1 Å². The lowest BCUT2D eigenvalue weighted by atomic mass is 9.96. The van der Waals surface area contributed by atoms with Gasteiger partial charge in [0.25, 0.3) is 5.91 Å². The molecular weight excluding hydrogens is 389 g/mol. The fraction of sp³-hybridized carbons (Fsp3) is 0.533. The first-order chi connectivity index (χ1) is 11.4. The van der Waals surface area contributed by atoms with E-state index in [9.17, 15) is 13.2 Å². The number of nitrogens with one attached hydrogen (secondary N) is 2. The molecule has 0 bridgehead atoms. The minimum Gasteiger partial charge on any atom is -0.482 e. The Morgan fingerprint density at radius 3 is 2.84 bits per heavy atom. The molecule has 142 valence electrons. The lowest BCUT2D eigenvalue weighted by Gasteiger charge is -2.22. The van der Waals surface area contributed by atoms with E-state index in [1.807, 2.05) is 0 Å². The van der Waals surface area contributed by atoms with Gasteiger partial charge < -0.3 is 15.8 Å². The Hall–Kier alpha value is -1.06. The summed E-state index contributed by atoms with van der Waals surface area (Å²) in [7, 11) is -3.79. The lowest BCUT2D eigenvalue weighted by molar-refractivity contribution is -0.120. The fourth-order valence-electron chi connectivity index (χ4n) is 2.61. The van der Waals surface area contributed by atoms with Gasteiger partial charge in [0.05, 0.1) is 0 Å². The number of sulfonamides is 1. The molecule has 1 fully saturated rings. The molecule has 0 saturated carbocycles. The van der Waals surface area contributed by atoms with Gasteiger partial charge in [0.2, 0.25) is 10.0 Å². The molecule has 1 amide bonds. The van der Waals surface area contributed by atoms with Crippen molar-refractivity contribution >= 4 is 39.9 Å². The lowest BCUT2D eigenvalue weighted by Crippen LogP contribution is -2.33. The summed E-state index contributed by atoms with van der Waals surface area (Å²) in [4.78, 5) is 10.7. The van der Waals surface area contributed by atoms with Crippen molar-refractivity contribution in [2.45, 2.75) is 24.2 Å². The first-order valence-corrected chi connectivity index (χ1v) is 9.65. The summed E-state index contributed by atoms with van der Waals surface area (Å²) >= 11 is 5.89. The summed E-state index contributed by atoms with van der Waals surface area (Å²) in [5, 5.41) is 3.56. The average Bonchev–Trinajstić information content (AvgIpc) is 2.54. The van der Waals surface area contributed by atoms with E-state index in [-0.39, 0.29) is 28.1 Å². The third-order valence-electron chi connectivity index (χ3n) is 3.81. The number of piperidine rings is 1. The van der Waals surface area contributed by atoms with Gasteiger partial charge in [-0.1, -0.05) is 11.6 Å². The van der Waals surface area contributed by atoms with Gasteiger partial charge >= 0.3 is 0 Å². The molecule has 1 aromatic carbocycles. The first-order valence-electron chi connectivity index (χ1n) is 7.79. The molecule has 1 atom stereocenters. The van der Waals surface area contributed by atoms with Crippen molar-refractivity contribution in [3.63, 3.8) is 0 Å². The smallest absolute Gasteiger partial charge is 0.255 e. The highest BCUT2D eigenvalue weighted by atomic mass is 35.5. The minimum absolute atomic E-state index is 0. The Kier molecular flexibility index (Phi) is 8.95. The molecule has 1 heterocycles. The number of rotatable bonds is 8. The molecule has 10 heteroatoms. The summed E-state index contributed by atoms with van der Waals surface area (Å²) < 4.78 is 32.8. The minimum atomic E-state index is -3.79. The highest BCUT2D eigenvalue weighted by molar-refractivity contribution is 7.89. The number of halogens is 2. The maximum atomic E-state index is 12.5. The summed E-state index contributed by atoms with van der Waals surface area (Å²) in [6, 6.07) is 4.19. The Balaban J connectivity index is 0.00000312. The quantitative estimate of drug-likeness (QED) is 0.596. The monoisotopic (exact) mass is 411 g/mol. The Bertz CT molecular complexity index is 679. The van der Waals surface area contributed by atoms with Gasteiger partial charge in [0.15, 0.2) is 6.61 Å². The standard InChI is InChI=1S/C15H22ClN3O4S.ClH/c16-12-3-4-13(23-10-15(17)20)14(8-12)24(21,22)19-7-5-11-2-1-6-18-9-11;/h3-4,8,11,18-19H,1-2,5-7,9-10H2,(H2,17,20);1H. The topological polar surface area (TPSA) is 111 Å². The highest BCUT2D eigenvalue weighted by Crippen LogP contribution is 2.27. The summed E-state index contributed by atoms with van der Waals surface area (Å²) in [5.41, 5.74) is 5.03. The van der Waals surface area contributed by atoms with E-state index in [0.717, 1.165) is 32.4 Å². The zero-order valence-electron chi connectivity index (χ0n) is 13.7. The van der Waals surface area contributed by atoms with Gasteiger partial charge in [0.1, 0.15) is 10.6 Å². The molecule has 4 N–H and O–H groups in total. The van der Waals surface area contributed by atoms with Crippen LogP contribution in [-0.4, -0.2) is 40.6 Å². The third kappa shape index (κ3) is 6.99. The van der Waals surface area contributed by atoms with Crippen molar-refractivity contribution < 1.29 is 17.9 Å². The third-order valence-corrected chi connectivity index (χ3v) is 5.53. The second kappa shape index (κ2) is 10.2. The van der Waals surface area contributed by atoms with Crippen LogP contribution in [0.3, 0.4) is 0 Å². The average molecular weight is 412 g/mol. The SMILES string of the molecule is Cl.NC(=O)COc1ccc(Cl)cc1S(=O)(=O)NCCC1CCCNC1. The zero-order valence-corrected chi connectivity index (χ0v) is 16.1. The van der Waals surface area contributed by atoms with Gasteiger partial charge in [-0.25, -0.2) is 13.1 Å². The van der Waals surface area contributed by atoms with E-state index in [4.69, 9.17) is 22.1 Å². The normalized spacial score (nSPS) is 17.6. The Labute approximate surface area is 159 Å². The molecular formula is C15H23Cl2N3O4S. The predicted octanol–water partition coefficient (Wildman–Crippen LogP) is 1.29. The van der Waals surface area contributed by atoms with Gasteiger partial charge in [-0.2, -0.15) is 0 Å². The molecule has 2 rings (SSSR count). The number of carbonyl (C=O) groups is 1. The number of hydrogen-bond donors (Lipinski definition) is 3. The van der Waals surface area contributed by atoms with Gasteiger partial charge in [-0.15, -0.1) is 12.4 Å². The number of benzene rings is 1.